The molecule has 2 rings (SSSR count). The van der Waals surface area contributed by atoms with Crippen LogP contribution >= 0.6 is 0 Å². The number of benzene rings is 1. The summed E-state index contributed by atoms with van der Waals surface area (Å²) in [5.41, 5.74) is 4.20. The van der Waals surface area contributed by atoms with Gasteiger partial charge in [0.1, 0.15) is 0 Å². The van der Waals surface area contributed by atoms with Crippen molar-refractivity contribution < 1.29 is 9.90 Å². The highest BCUT2D eigenvalue weighted by molar-refractivity contribution is 5.84. The lowest BCUT2D eigenvalue weighted by atomic mass is 9.99. The summed E-state index contributed by atoms with van der Waals surface area (Å²) in [6, 6.07) is 8.83. The molecule has 5 nitrogen and oxygen atoms in total. The third-order valence-corrected chi connectivity index (χ3v) is 3.09. The van der Waals surface area contributed by atoms with E-state index in [1.54, 1.807) is 29.2 Å². The van der Waals surface area contributed by atoms with Crippen LogP contribution in [0.1, 0.15) is 5.56 Å². The second-order valence-corrected chi connectivity index (χ2v) is 4.14. The van der Waals surface area contributed by atoms with Gasteiger partial charge in [-0.05, 0) is 0 Å². The van der Waals surface area contributed by atoms with Crippen LogP contribution in [0.5, 0.6) is 0 Å². The van der Waals surface area contributed by atoms with Gasteiger partial charge >= 0.3 is 0 Å². The average molecular weight is 235 g/mol. The quantitative estimate of drug-likeness (QED) is 0.642. The molecule has 1 amide bonds. The molecule has 1 aromatic rings. The third kappa shape index (κ3) is 2.17. The van der Waals surface area contributed by atoms with E-state index >= 15 is 0 Å². The van der Waals surface area contributed by atoms with Crippen LogP contribution < -0.4 is 11.1 Å². The highest BCUT2D eigenvalue weighted by Crippen LogP contribution is 2.25. The minimum absolute atomic E-state index is 0.523. The molecule has 0 saturated carbocycles. The normalized spacial score (nSPS) is 20.8. The van der Waals surface area contributed by atoms with E-state index in [0.29, 0.717) is 18.7 Å². The lowest BCUT2D eigenvalue weighted by Gasteiger charge is -2.39. The Kier molecular flexibility index (Phi) is 3.42. The van der Waals surface area contributed by atoms with Crippen molar-refractivity contribution in [2.24, 2.45) is 5.73 Å². The summed E-state index contributed by atoms with van der Waals surface area (Å²) in [4.78, 5) is 13.3. The summed E-state index contributed by atoms with van der Waals surface area (Å²) in [5.74, 6) is -0.731. The topological polar surface area (TPSA) is 78.6 Å². The number of nitrogens with two attached hydrogens (primary N) is 1. The molecule has 1 heterocycles. The predicted octanol–water partition coefficient (Wildman–Crippen LogP) is -0.778. The summed E-state index contributed by atoms with van der Waals surface area (Å²) >= 11 is 0. The smallest absolute Gasteiger partial charge is 0.269 e. The fourth-order valence-electron chi connectivity index (χ4n) is 2.14. The second-order valence-electron chi connectivity index (χ2n) is 4.14. The molecule has 0 aromatic heterocycles. The van der Waals surface area contributed by atoms with Gasteiger partial charge in [-0.25, -0.2) is 0 Å². The maximum atomic E-state index is 11.6. The number of carbonyl (C=O) groups excluding carboxylic acids is 1. The van der Waals surface area contributed by atoms with E-state index < -0.39 is 11.6 Å². The maximum Gasteiger partial charge on any atom is 0.269 e. The SMILES string of the molecule is NC(=O)C(O)(c1ccccc1)N1CCNCC1. The molecule has 1 fully saturated rings. The van der Waals surface area contributed by atoms with E-state index in [1.807, 2.05) is 6.07 Å². The van der Waals surface area contributed by atoms with Crippen molar-refractivity contribution in [2.75, 3.05) is 26.2 Å². The first-order valence-corrected chi connectivity index (χ1v) is 5.69. The lowest BCUT2D eigenvalue weighted by molar-refractivity contribution is -0.165. The first-order chi connectivity index (χ1) is 8.15. The number of hydrogen-bond acceptors (Lipinski definition) is 4. The molecule has 0 bridgehead atoms. The summed E-state index contributed by atoms with van der Waals surface area (Å²) in [5, 5.41) is 13.8. The zero-order valence-corrected chi connectivity index (χ0v) is 9.60. The fraction of sp³-hybridized carbons (Fsp3) is 0.417. The highest BCUT2D eigenvalue weighted by Gasteiger charge is 2.42. The van der Waals surface area contributed by atoms with Crippen LogP contribution in [0.3, 0.4) is 0 Å². The van der Waals surface area contributed by atoms with Crippen molar-refractivity contribution >= 4 is 5.91 Å². The van der Waals surface area contributed by atoms with Crippen LogP contribution in [0.25, 0.3) is 0 Å². The molecule has 0 aliphatic carbocycles. The Hall–Kier alpha value is -1.43. The zero-order valence-electron chi connectivity index (χ0n) is 9.60. The summed E-state index contributed by atoms with van der Waals surface area (Å²) < 4.78 is 0. The minimum atomic E-state index is -1.70. The number of aliphatic hydroxyl groups is 1. The lowest BCUT2D eigenvalue weighted by Crippen LogP contribution is -2.60. The van der Waals surface area contributed by atoms with Gasteiger partial charge in [-0.3, -0.25) is 9.69 Å². The molecule has 0 spiro atoms. The largest absolute Gasteiger partial charge is 0.366 e. The fourth-order valence-corrected chi connectivity index (χ4v) is 2.14. The Bertz CT molecular complexity index is 390. The Labute approximate surface area is 100 Å². The van der Waals surface area contributed by atoms with Crippen molar-refractivity contribution in [3.8, 4) is 0 Å². The number of nitrogens with zero attached hydrogens (tertiary/aromatic N) is 1. The minimum Gasteiger partial charge on any atom is -0.366 e. The van der Waals surface area contributed by atoms with E-state index in [1.165, 1.54) is 0 Å². The maximum absolute atomic E-state index is 11.6. The molecule has 5 heteroatoms. The number of piperazine rings is 1. The predicted molar refractivity (Wildman–Crippen MR) is 64.0 cm³/mol. The number of hydrogen-bond donors (Lipinski definition) is 3. The van der Waals surface area contributed by atoms with Crippen LogP contribution in [0.15, 0.2) is 30.3 Å². The second kappa shape index (κ2) is 4.83. The van der Waals surface area contributed by atoms with Crippen LogP contribution in [0, 0.1) is 0 Å². The van der Waals surface area contributed by atoms with Gasteiger partial charge in [0.2, 0.25) is 5.72 Å². The standard InChI is InChI=1S/C12H17N3O2/c13-11(16)12(17,10-4-2-1-3-5-10)15-8-6-14-7-9-15/h1-5,14,17H,6-9H2,(H2,13,16). The molecule has 1 saturated heterocycles. The van der Waals surface area contributed by atoms with Gasteiger partial charge in [0, 0.05) is 31.7 Å². The van der Waals surface area contributed by atoms with Crippen LogP contribution in [0.4, 0.5) is 0 Å². The number of amides is 1. The summed E-state index contributed by atoms with van der Waals surface area (Å²) in [7, 11) is 0. The Morgan fingerprint density at radius 2 is 1.88 bits per heavy atom. The number of rotatable bonds is 3. The van der Waals surface area contributed by atoms with E-state index in [4.69, 9.17) is 5.73 Å². The van der Waals surface area contributed by atoms with Gasteiger partial charge in [0.05, 0.1) is 0 Å². The van der Waals surface area contributed by atoms with Crippen molar-refractivity contribution in [3.63, 3.8) is 0 Å². The van der Waals surface area contributed by atoms with Gasteiger partial charge in [-0.2, -0.15) is 0 Å². The van der Waals surface area contributed by atoms with E-state index in [0.717, 1.165) is 13.1 Å². The molecule has 17 heavy (non-hydrogen) atoms. The molecule has 1 unspecified atom stereocenters. The molecule has 4 N–H and O–H groups in total. The Morgan fingerprint density at radius 3 is 2.41 bits per heavy atom. The molecule has 1 atom stereocenters. The van der Waals surface area contributed by atoms with Crippen molar-refractivity contribution in [3.05, 3.63) is 35.9 Å². The zero-order chi connectivity index (χ0) is 12.3. The van der Waals surface area contributed by atoms with E-state index in [9.17, 15) is 9.90 Å². The molecule has 1 aliphatic heterocycles. The molecule has 0 radical (unpaired) electrons. The van der Waals surface area contributed by atoms with Gasteiger partial charge in [0.25, 0.3) is 5.91 Å². The van der Waals surface area contributed by atoms with Crippen LogP contribution in [-0.2, 0) is 10.5 Å². The van der Waals surface area contributed by atoms with E-state index in [-0.39, 0.29) is 0 Å². The molecule has 1 aromatic carbocycles. The Morgan fingerprint density at radius 1 is 1.29 bits per heavy atom. The van der Waals surface area contributed by atoms with Crippen molar-refractivity contribution in [1.82, 2.24) is 10.2 Å². The number of primary amides is 1. The first-order valence-electron chi connectivity index (χ1n) is 5.69. The number of nitrogens with one attached hydrogen (secondary N) is 1. The molecular weight excluding hydrogens is 218 g/mol. The van der Waals surface area contributed by atoms with E-state index in [2.05, 4.69) is 5.32 Å². The molecule has 92 valence electrons. The summed E-state index contributed by atoms with van der Waals surface area (Å²) in [6.45, 7) is 2.66. The monoisotopic (exact) mass is 235 g/mol. The van der Waals surface area contributed by atoms with Crippen LogP contribution in [-0.4, -0.2) is 42.1 Å². The van der Waals surface area contributed by atoms with Gasteiger partial charge in [0.15, 0.2) is 0 Å². The van der Waals surface area contributed by atoms with Gasteiger partial charge in [-0.1, -0.05) is 30.3 Å². The van der Waals surface area contributed by atoms with Crippen molar-refractivity contribution in [2.45, 2.75) is 5.72 Å². The first kappa shape index (κ1) is 12.0. The Balaban J connectivity index is 2.35. The van der Waals surface area contributed by atoms with Crippen LogP contribution in [0.2, 0.25) is 0 Å². The molecular formula is C12H17N3O2. The highest BCUT2D eigenvalue weighted by atomic mass is 16.3. The molecule has 1 aliphatic rings. The van der Waals surface area contributed by atoms with Crippen molar-refractivity contribution in [1.29, 1.82) is 0 Å². The van der Waals surface area contributed by atoms with Gasteiger partial charge in [-0.15, -0.1) is 0 Å². The summed E-state index contributed by atoms with van der Waals surface area (Å²) in [6.07, 6.45) is 0. The number of carbonyl (C=O) groups is 1. The average Bonchev–Trinajstić information content (AvgIpc) is 2.39. The van der Waals surface area contributed by atoms with Gasteiger partial charge < -0.3 is 16.2 Å². The third-order valence-electron chi connectivity index (χ3n) is 3.09.